The van der Waals surface area contributed by atoms with E-state index in [9.17, 15) is 4.79 Å². The number of hydrogen-bond acceptors (Lipinski definition) is 5. The van der Waals surface area contributed by atoms with E-state index in [2.05, 4.69) is 14.9 Å². The summed E-state index contributed by atoms with van der Waals surface area (Å²) in [6, 6.07) is 21.1. The van der Waals surface area contributed by atoms with E-state index in [1.54, 1.807) is 18.3 Å². The van der Waals surface area contributed by atoms with Gasteiger partial charge in [0.2, 0.25) is 5.90 Å². The Kier molecular flexibility index (Phi) is 5.71. The number of hydrogen-bond donors (Lipinski definition) is 1. The van der Waals surface area contributed by atoms with Gasteiger partial charge in [0.15, 0.2) is 11.7 Å². The molecule has 0 unspecified atom stereocenters. The van der Waals surface area contributed by atoms with Gasteiger partial charge in [-0.1, -0.05) is 48.0 Å². The maximum Gasteiger partial charge on any atom is 0.365 e. The first kappa shape index (κ1) is 21.0. The number of rotatable bonds is 3. The molecule has 7 nitrogen and oxygen atoms in total. The number of ether oxygens (including phenoxy) is 1. The van der Waals surface area contributed by atoms with Crippen molar-refractivity contribution in [2.75, 3.05) is 26.2 Å². The molecule has 1 fully saturated rings. The van der Waals surface area contributed by atoms with E-state index < -0.39 is 5.97 Å². The third-order valence-corrected chi connectivity index (χ3v) is 5.91. The molecule has 3 aromatic carbocycles. The van der Waals surface area contributed by atoms with Gasteiger partial charge in [0, 0.05) is 43.0 Å². The van der Waals surface area contributed by atoms with Crippen LogP contribution in [0, 0.1) is 0 Å². The first-order valence-corrected chi connectivity index (χ1v) is 11.0. The highest BCUT2D eigenvalue weighted by Crippen LogP contribution is 2.24. The van der Waals surface area contributed by atoms with Crippen LogP contribution >= 0.6 is 11.6 Å². The van der Waals surface area contributed by atoms with Crippen molar-refractivity contribution in [2.45, 2.75) is 0 Å². The molecule has 0 aromatic heterocycles. The van der Waals surface area contributed by atoms with Crippen molar-refractivity contribution in [3.8, 4) is 0 Å². The number of nitrogens with two attached hydrogens (primary N) is 1. The van der Waals surface area contributed by atoms with Crippen molar-refractivity contribution >= 4 is 45.9 Å². The maximum absolute atomic E-state index is 12.5. The zero-order valence-corrected chi connectivity index (χ0v) is 18.6. The number of esters is 1. The van der Waals surface area contributed by atoms with Gasteiger partial charge in [-0.15, -0.1) is 0 Å². The van der Waals surface area contributed by atoms with Crippen LogP contribution in [0.25, 0.3) is 10.8 Å². The minimum Gasteiger partial charge on any atom is -0.402 e. The van der Waals surface area contributed by atoms with Gasteiger partial charge in [-0.2, -0.15) is 0 Å². The number of nitrogens with zero attached hydrogens (tertiary/aromatic N) is 4. The summed E-state index contributed by atoms with van der Waals surface area (Å²) in [5, 5.41) is 2.72. The quantitative estimate of drug-likeness (QED) is 0.278. The van der Waals surface area contributed by atoms with Crippen molar-refractivity contribution < 1.29 is 9.53 Å². The molecule has 8 heteroatoms. The summed E-state index contributed by atoms with van der Waals surface area (Å²) in [4.78, 5) is 25.5. The summed E-state index contributed by atoms with van der Waals surface area (Å²) >= 11 is 5.92. The molecule has 2 heterocycles. The van der Waals surface area contributed by atoms with Gasteiger partial charge in [0.1, 0.15) is 0 Å². The Morgan fingerprint density at radius 3 is 2.52 bits per heavy atom. The van der Waals surface area contributed by atoms with Crippen LogP contribution in [0.5, 0.6) is 0 Å². The highest BCUT2D eigenvalue weighted by Gasteiger charge is 2.27. The van der Waals surface area contributed by atoms with Gasteiger partial charge >= 0.3 is 5.97 Å². The molecule has 33 heavy (non-hydrogen) atoms. The van der Waals surface area contributed by atoms with E-state index in [1.807, 2.05) is 59.5 Å². The lowest BCUT2D eigenvalue weighted by Crippen LogP contribution is -2.49. The van der Waals surface area contributed by atoms with Crippen molar-refractivity contribution in [3.05, 3.63) is 89.2 Å². The van der Waals surface area contributed by atoms with E-state index in [-0.39, 0.29) is 0 Å². The zero-order valence-electron chi connectivity index (χ0n) is 17.8. The summed E-state index contributed by atoms with van der Waals surface area (Å²) in [6.45, 7) is 2.74. The average molecular weight is 460 g/mol. The van der Waals surface area contributed by atoms with Crippen LogP contribution in [0.3, 0.4) is 0 Å². The van der Waals surface area contributed by atoms with Crippen LogP contribution < -0.4 is 5.73 Å². The van der Waals surface area contributed by atoms with Crippen LogP contribution in [-0.4, -0.2) is 53.8 Å². The topological polar surface area (TPSA) is 83.5 Å². The van der Waals surface area contributed by atoms with Gasteiger partial charge < -0.3 is 20.3 Å². The van der Waals surface area contributed by atoms with E-state index in [0.29, 0.717) is 48.8 Å². The first-order valence-electron chi connectivity index (χ1n) is 10.7. The van der Waals surface area contributed by atoms with Gasteiger partial charge in [0.25, 0.3) is 0 Å². The number of aliphatic imine (C=N–C) groups is 2. The summed E-state index contributed by atoms with van der Waals surface area (Å²) in [7, 11) is 0. The molecule has 2 aliphatic heterocycles. The van der Waals surface area contributed by atoms with Crippen LogP contribution in [0.15, 0.2) is 88.6 Å². The Bertz CT molecular complexity index is 1290. The average Bonchev–Trinajstić information content (AvgIpc) is 3.20. The normalized spacial score (nSPS) is 18.1. The van der Waals surface area contributed by atoms with Crippen molar-refractivity contribution in [1.82, 2.24) is 9.80 Å². The summed E-state index contributed by atoms with van der Waals surface area (Å²) in [5.74, 6) is 0.353. The third kappa shape index (κ3) is 4.54. The van der Waals surface area contributed by atoms with E-state index >= 15 is 0 Å². The van der Waals surface area contributed by atoms with Crippen molar-refractivity contribution in [3.63, 3.8) is 0 Å². The third-order valence-electron chi connectivity index (χ3n) is 5.65. The molecule has 0 aliphatic carbocycles. The molecule has 0 spiro atoms. The standard InChI is InChI=1S/C25H22ClN5O2/c26-18-8-10-19(11-9-18)28-25(27)31-14-12-30(13-15-31)16-22-24(32)33-23(29-22)21-7-3-5-17-4-1-2-6-20(17)21/h1-11,16H,12-15H2,(H2,27,28). The van der Waals surface area contributed by atoms with Crippen molar-refractivity contribution in [2.24, 2.45) is 15.7 Å². The SMILES string of the molecule is NC(=Nc1ccc(Cl)cc1)N1CCN(C=C2N=C(c3cccc4ccccc34)OC2=O)CC1. The number of fused-ring (bicyclic) bond motifs is 1. The number of carbonyl (C=O) groups is 1. The summed E-state index contributed by atoms with van der Waals surface area (Å²) in [5.41, 5.74) is 8.05. The van der Waals surface area contributed by atoms with Crippen LogP contribution in [0.1, 0.15) is 5.56 Å². The van der Waals surface area contributed by atoms with Gasteiger partial charge in [-0.05, 0) is 41.1 Å². The van der Waals surface area contributed by atoms with Gasteiger partial charge in [0.05, 0.1) is 5.69 Å². The van der Waals surface area contributed by atoms with Gasteiger partial charge in [-0.3, -0.25) is 0 Å². The minimum absolute atomic E-state index is 0.300. The molecule has 0 atom stereocenters. The smallest absolute Gasteiger partial charge is 0.365 e. The van der Waals surface area contributed by atoms with E-state index in [0.717, 1.165) is 22.0 Å². The number of halogens is 1. The fourth-order valence-electron chi connectivity index (χ4n) is 3.90. The molecule has 0 radical (unpaired) electrons. The molecule has 0 amide bonds. The van der Waals surface area contributed by atoms with Gasteiger partial charge in [-0.25, -0.2) is 14.8 Å². The Morgan fingerprint density at radius 2 is 1.73 bits per heavy atom. The number of guanidine groups is 1. The Morgan fingerprint density at radius 1 is 1.00 bits per heavy atom. The molecule has 5 rings (SSSR count). The monoisotopic (exact) mass is 459 g/mol. The molecule has 166 valence electrons. The molecular weight excluding hydrogens is 438 g/mol. The Balaban J connectivity index is 1.28. The fraction of sp³-hybridized carbons (Fsp3) is 0.160. The number of benzene rings is 3. The minimum atomic E-state index is -0.441. The Labute approximate surface area is 196 Å². The van der Waals surface area contributed by atoms with Crippen LogP contribution in [0.4, 0.5) is 5.69 Å². The molecule has 2 N–H and O–H groups in total. The second-order valence-electron chi connectivity index (χ2n) is 7.82. The second kappa shape index (κ2) is 8.96. The first-order chi connectivity index (χ1) is 16.1. The molecule has 0 saturated carbocycles. The Hall–Kier alpha value is -3.84. The molecule has 0 bridgehead atoms. The molecular formula is C25H22ClN5O2. The summed E-state index contributed by atoms with van der Waals surface area (Å²) in [6.07, 6.45) is 1.77. The second-order valence-corrected chi connectivity index (χ2v) is 8.25. The molecule has 1 saturated heterocycles. The largest absolute Gasteiger partial charge is 0.402 e. The number of carbonyl (C=O) groups excluding carboxylic acids is 1. The van der Waals surface area contributed by atoms with E-state index in [4.69, 9.17) is 22.1 Å². The fourth-order valence-corrected chi connectivity index (χ4v) is 4.02. The molecule has 3 aromatic rings. The van der Waals surface area contributed by atoms with E-state index in [1.165, 1.54) is 0 Å². The highest BCUT2D eigenvalue weighted by atomic mass is 35.5. The van der Waals surface area contributed by atoms with Crippen LogP contribution in [-0.2, 0) is 9.53 Å². The lowest BCUT2D eigenvalue weighted by molar-refractivity contribution is -0.130. The lowest BCUT2D eigenvalue weighted by Gasteiger charge is -2.34. The lowest BCUT2D eigenvalue weighted by atomic mass is 10.0. The highest BCUT2D eigenvalue weighted by molar-refractivity contribution is 6.30. The summed E-state index contributed by atoms with van der Waals surface area (Å²) < 4.78 is 5.50. The van der Waals surface area contributed by atoms with Crippen LogP contribution in [0.2, 0.25) is 5.02 Å². The zero-order chi connectivity index (χ0) is 22.8. The number of piperazine rings is 1. The predicted molar refractivity (Wildman–Crippen MR) is 131 cm³/mol. The maximum atomic E-state index is 12.5. The molecule has 2 aliphatic rings. The number of cyclic esters (lactones) is 1. The predicted octanol–water partition coefficient (Wildman–Crippen LogP) is 3.90. The van der Waals surface area contributed by atoms with Crippen molar-refractivity contribution in [1.29, 1.82) is 0 Å².